The predicted molar refractivity (Wildman–Crippen MR) is 177 cm³/mol. The number of nitrogens with one attached hydrogen (secondary N) is 1. The largest absolute Gasteiger partial charge is 0.471 e. The SMILES string of the molecule is CCC1C2CN(C(=O)C(C(C)(C)C)NC(=O)OC3CC4CC4C3CCCCCc3nc4ccc(C(F)(F)F)cc4nc3O2)C1C(=O)C(C)C. The number of ether oxygens (including phenoxy) is 2. The lowest BCUT2D eigenvalue weighted by molar-refractivity contribution is -0.143. The standard InChI is InChI=1S/C37H49F3N4O5/c1-7-22-29-18-44(30(22)31(45)19(2)3)34(46)32(36(4,5)6)43-35(47)49-28-16-20-15-24(20)23(28)11-9-8-10-12-26-33(48-29)42-27-17-21(37(38,39)40)13-14-25(27)41-26/h13-14,17,19-20,22-24,28-30,32H,7-12,15-16,18H2,1-6H3,(H,43,47). The molecule has 4 aliphatic rings. The van der Waals surface area contributed by atoms with Crippen LogP contribution in [0.4, 0.5) is 18.0 Å². The lowest BCUT2D eigenvalue weighted by atomic mass is 9.84. The molecule has 12 heteroatoms. The Labute approximate surface area is 286 Å². The van der Waals surface area contributed by atoms with Crippen molar-refractivity contribution in [3.63, 3.8) is 0 Å². The van der Waals surface area contributed by atoms with Crippen molar-refractivity contribution in [2.75, 3.05) is 6.54 Å². The van der Waals surface area contributed by atoms with E-state index in [-0.39, 0.29) is 41.7 Å². The first kappa shape index (κ1) is 35.4. The van der Waals surface area contributed by atoms with E-state index in [0.717, 1.165) is 50.7 Å². The van der Waals surface area contributed by atoms with Crippen LogP contribution in [0.2, 0.25) is 0 Å². The molecule has 1 N–H and O–H groups in total. The van der Waals surface area contributed by atoms with Crippen LogP contribution in [0.15, 0.2) is 18.2 Å². The van der Waals surface area contributed by atoms with Gasteiger partial charge in [0.1, 0.15) is 23.9 Å². The molecule has 0 radical (unpaired) electrons. The third-order valence-electron chi connectivity index (χ3n) is 11.1. The van der Waals surface area contributed by atoms with Crippen molar-refractivity contribution in [2.24, 2.45) is 35.0 Å². The van der Waals surface area contributed by atoms with Gasteiger partial charge in [0.25, 0.3) is 0 Å². The highest BCUT2D eigenvalue weighted by Gasteiger charge is 2.55. The van der Waals surface area contributed by atoms with Crippen LogP contribution in [0.1, 0.15) is 97.7 Å². The van der Waals surface area contributed by atoms with E-state index in [4.69, 9.17) is 14.5 Å². The number of nitrogens with zero attached hydrogens (tertiary/aromatic N) is 3. The zero-order chi connectivity index (χ0) is 35.4. The number of Topliss-reactive ketones (excluding diaryl/α,β-unsaturated/α-hetero) is 1. The average Bonchev–Trinajstić information content (AvgIpc) is 3.56. The zero-order valence-corrected chi connectivity index (χ0v) is 29.3. The highest BCUT2D eigenvalue weighted by Crippen LogP contribution is 2.57. The van der Waals surface area contributed by atoms with Crippen molar-refractivity contribution in [3.8, 4) is 5.88 Å². The molecule has 2 aliphatic heterocycles. The van der Waals surface area contributed by atoms with Crippen LogP contribution in [0.3, 0.4) is 0 Å². The molecule has 268 valence electrons. The second-order valence-corrected chi connectivity index (χ2v) is 15.9. The summed E-state index contributed by atoms with van der Waals surface area (Å²) in [6.07, 6.45) is 0.416. The number of amides is 2. The number of alkyl halides is 3. The summed E-state index contributed by atoms with van der Waals surface area (Å²) in [6, 6.07) is 1.52. The Kier molecular flexibility index (Phi) is 9.65. The van der Waals surface area contributed by atoms with Crippen molar-refractivity contribution in [1.82, 2.24) is 20.2 Å². The summed E-state index contributed by atoms with van der Waals surface area (Å²) < 4.78 is 53.6. The van der Waals surface area contributed by atoms with E-state index in [2.05, 4.69) is 10.3 Å². The number of ketones is 1. The second-order valence-electron chi connectivity index (χ2n) is 15.9. The lowest BCUT2D eigenvalue weighted by Gasteiger charge is -2.36. The van der Waals surface area contributed by atoms with Gasteiger partial charge in [0.05, 0.1) is 29.2 Å². The number of aromatic nitrogens is 2. The van der Waals surface area contributed by atoms with Crippen LogP contribution in [0, 0.1) is 35.0 Å². The number of hydrogen-bond acceptors (Lipinski definition) is 7. The molecule has 6 rings (SSSR count). The maximum atomic E-state index is 14.5. The third kappa shape index (κ3) is 7.24. The van der Waals surface area contributed by atoms with Crippen molar-refractivity contribution in [2.45, 2.75) is 123 Å². The minimum absolute atomic E-state index is 0.0413. The van der Waals surface area contributed by atoms with Crippen molar-refractivity contribution < 1.29 is 37.0 Å². The van der Waals surface area contributed by atoms with Gasteiger partial charge in [-0.3, -0.25) is 9.59 Å². The molecule has 2 saturated carbocycles. The van der Waals surface area contributed by atoms with Crippen LogP contribution in [0.5, 0.6) is 5.88 Å². The number of rotatable bonds is 3. The van der Waals surface area contributed by atoms with E-state index in [0.29, 0.717) is 35.9 Å². The summed E-state index contributed by atoms with van der Waals surface area (Å²) in [5.41, 5.74) is -0.596. The minimum atomic E-state index is -4.55. The summed E-state index contributed by atoms with van der Waals surface area (Å²) in [5.74, 6) is 0.171. The maximum Gasteiger partial charge on any atom is 0.416 e. The molecule has 8 atom stereocenters. The molecular weight excluding hydrogens is 637 g/mol. The van der Waals surface area contributed by atoms with Gasteiger partial charge in [-0.2, -0.15) is 13.2 Å². The molecule has 2 aromatic rings. The zero-order valence-electron chi connectivity index (χ0n) is 29.3. The first-order valence-electron chi connectivity index (χ1n) is 17.9. The van der Waals surface area contributed by atoms with Gasteiger partial charge in [-0.15, -0.1) is 0 Å². The highest BCUT2D eigenvalue weighted by molar-refractivity contribution is 5.94. The number of carbonyl (C=O) groups excluding carboxylic acids is 3. The molecule has 2 amide bonds. The van der Waals surface area contributed by atoms with Crippen molar-refractivity contribution in [1.29, 1.82) is 0 Å². The highest BCUT2D eigenvalue weighted by atomic mass is 19.4. The number of aryl methyl sites for hydroxylation is 1. The normalized spacial score (nSPS) is 31.2. The summed E-state index contributed by atoms with van der Waals surface area (Å²) in [5, 5.41) is 2.89. The minimum Gasteiger partial charge on any atom is -0.471 e. The number of hydrogen-bond donors (Lipinski definition) is 1. The molecule has 8 unspecified atom stereocenters. The fourth-order valence-electron chi connectivity index (χ4n) is 8.38. The second kappa shape index (κ2) is 13.4. The maximum absolute atomic E-state index is 14.5. The number of alkyl carbamates (subject to hydrolysis) is 1. The van der Waals surface area contributed by atoms with Gasteiger partial charge in [0.2, 0.25) is 11.8 Å². The molecule has 1 aromatic heterocycles. The Morgan fingerprint density at radius 1 is 1.00 bits per heavy atom. The molecule has 2 bridgehead atoms. The van der Waals surface area contributed by atoms with Gasteiger partial charge >= 0.3 is 12.3 Å². The number of carbonyl (C=O) groups is 3. The first-order chi connectivity index (χ1) is 23.1. The third-order valence-corrected chi connectivity index (χ3v) is 11.1. The summed E-state index contributed by atoms with van der Waals surface area (Å²) in [4.78, 5) is 52.7. The molecule has 1 saturated heterocycles. The average molecular weight is 687 g/mol. The molecule has 2 aliphatic carbocycles. The van der Waals surface area contributed by atoms with Crippen LogP contribution in [-0.2, 0) is 26.9 Å². The summed E-state index contributed by atoms with van der Waals surface area (Å²) in [7, 11) is 0. The van der Waals surface area contributed by atoms with E-state index in [9.17, 15) is 27.6 Å². The van der Waals surface area contributed by atoms with Crippen molar-refractivity contribution >= 4 is 28.8 Å². The van der Waals surface area contributed by atoms with Crippen LogP contribution in [0.25, 0.3) is 11.0 Å². The summed E-state index contributed by atoms with van der Waals surface area (Å²) >= 11 is 0. The van der Waals surface area contributed by atoms with Gasteiger partial charge in [0, 0.05) is 11.8 Å². The molecular formula is C37H49F3N4O5. The van der Waals surface area contributed by atoms with E-state index in [1.165, 1.54) is 11.0 Å². The van der Waals surface area contributed by atoms with E-state index in [1.807, 2.05) is 27.7 Å². The van der Waals surface area contributed by atoms with Crippen molar-refractivity contribution in [3.05, 3.63) is 29.5 Å². The van der Waals surface area contributed by atoms with Crippen LogP contribution in [-0.4, -0.2) is 63.5 Å². The first-order valence-corrected chi connectivity index (χ1v) is 17.9. The van der Waals surface area contributed by atoms with E-state index < -0.39 is 53.3 Å². The summed E-state index contributed by atoms with van der Waals surface area (Å²) in [6.45, 7) is 11.1. The molecule has 3 fully saturated rings. The predicted octanol–water partition coefficient (Wildman–Crippen LogP) is 7.14. The molecule has 49 heavy (non-hydrogen) atoms. The number of benzene rings is 1. The van der Waals surface area contributed by atoms with Gasteiger partial charge in [-0.05, 0) is 79.9 Å². The number of halogens is 3. The van der Waals surface area contributed by atoms with Crippen LogP contribution < -0.4 is 10.1 Å². The lowest BCUT2D eigenvalue weighted by Crippen LogP contribution is -2.58. The quantitative estimate of drug-likeness (QED) is 0.366. The molecule has 9 nitrogen and oxygen atoms in total. The Balaban J connectivity index is 1.41. The Morgan fingerprint density at radius 3 is 2.43 bits per heavy atom. The monoisotopic (exact) mass is 686 g/mol. The fraction of sp³-hybridized carbons (Fsp3) is 0.703. The Morgan fingerprint density at radius 2 is 1.76 bits per heavy atom. The Bertz CT molecular complexity index is 1590. The van der Waals surface area contributed by atoms with Gasteiger partial charge < -0.3 is 19.7 Å². The molecule has 1 aromatic carbocycles. The van der Waals surface area contributed by atoms with E-state index >= 15 is 0 Å². The fourth-order valence-corrected chi connectivity index (χ4v) is 8.38. The van der Waals surface area contributed by atoms with Gasteiger partial charge in [-0.1, -0.05) is 54.4 Å². The van der Waals surface area contributed by atoms with Gasteiger partial charge in [0.15, 0.2) is 5.78 Å². The number of fused-ring (bicyclic) bond motifs is 7. The van der Waals surface area contributed by atoms with Crippen LogP contribution >= 0.6 is 0 Å². The molecule has 0 spiro atoms. The smallest absolute Gasteiger partial charge is 0.416 e. The topological polar surface area (TPSA) is 111 Å². The Hall–Kier alpha value is -3.44. The van der Waals surface area contributed by atoms with E-state index in [1.54, 1.807) is 13.8 Å². The molecule has 3 heterocycles. The van der Waals surface area contributed by atoms with Gasteiger partial charge in [-0.25, -0.2) is 14.8 Å².